The summed E-state index contributed by atoms with van der Waals surface area (Å²) in [4.78, 5) is 12.6. The highest BCUT2D eigenvalue weighted by atomic mass is 16.1. The van der Waals surface area contributed by atoms with Crippen LogP contribution in [0.3, 0.4) is 0 Å². The van der Waals surface area contributed by atoms with Crippen LogP contribution in [-0.2, 0) is 0 Å². The second-order valence-corrected chi connectivity index (χ2v) is 5.03. The molecule has 22 heavy (non-hydrogen) atoms. The van der Waals surface area contributed by atoms with E-state index in [4.69, 9.17) is 0 Å². The molecule has 0 N–H and O–H groups in total. The number of carbonyl (C=O) groups excluding carboxylic acids is 1. The van der Waals surface area contributed by atoms with Crippen LogP contribution < -0.4 is 0 Å². The molecule has 0 fully saturated rings. The zero-order valence-corrected chi connectivity index (χ0v) is 12.1. The molecule has 0 spiro atoms. The summed E-state index contributed by atoms with van der Waals surface area (Å²) in [7, 11) is 0. The molecule has 0 atom stereocenters. The Bertz CT molecular complexity index is 786. The first kappa shape index (κ1) is 14.0. The summed E-state index contributed by atoms with van der Waals surface area (Å²) in [5.74, 6) is 0.0499. The zero-order valence-electron chi connectivity index (χ0n) is 12.1. The molecule has 0 saturated carbocycles. The van der Waals surface area contributed by atoms with Crippen LogP contribution in [0.5, 0.6) is 0 Å². The molecule has 0 heterocycles. The summed E-state index contributed by atoms with van der Waals surface area (Å²) in [5.41, 5.74) is 3.48. The van der Waals surface area contributed by atoms with E-state index < -0.39 is 0 Å². The molecule has 0 radical (unpaired) electrons. The third kappa shape index (κ3) is 3.21. The Labute approximate surface area is 130 Å². The molecule has 0 bridgehead atoms. The van der Waals surface area contributed by atoms with E-state index in [2.05, 4.69) is 0 Å². The van der Waals surface area contributed by atoms with E-state index in [9.17, 15) is 4.79 Å². The third-order valence-electron chi connectivity index (χ3n) is 3.50. The quantitative estimate of drug-likeness (QED) is 0.482. The molecule has 0 aromatic heterocycles. The van der Waals surface area contributed by atoms with Crippen LogP contribution >= 0.6 is 0 Å². The molecule has 0 aliphatic carbocycles. The van der Waals surface area contributed by atoms with Gasteiger partial charge in [-0.15, -0.1) is 0 Å². The number of carbonyl (C=O) groups is 1. The van der Waals surface area contributed by atoms with Gasteiger partial charge in [0, 0.05) is 11.1 Å². The Morgan fingerprint density at radius 2 is 1.23 bits per heavy atom. The van der Waals surface area contributed by atoms with E-state index in [1.807, 2.05) is 97.1 Å². The molecule has 106 valence electrons. The Kier molecular flexibility index (Phi) is 4.26. The van der Waals surface area contributed by atoms with Gasteiger partial charge in [0.1, 0.15) is 0 Å². The van der Waals surface area contributed by atoms with Crippen molar-refractivity contribution < 1.29 is 4.79 Å². The fraction of sp³-hybridized carbons (Fsp3) is 0. The van der Waals surface area contributed by atoms with Crippen molar-refractivity contribution in [2.45, 2.75) is 0 Å². The number of rotatable bonds is 4. The predicted octanol–water partition coefficient (Wildman–Crippen LogP) is 5.09. The number of benzene rings is 3. The third-order valence-corrected chi connectivity index (χ3v) is 3.50. The van der Waals surface area contributed by atoms with E-state index >= 15 is 0 Å². The minimum absolute atomic E-state index is 0.0499. The minimum Gasteiger partial charge on any atom is -0.289 e. The van der Waals surface area contributed by atoms with E-state index in [1.54, 1.807) is 0 Å². The van der Waals surface area contributed by atoms with Crippen molar-refractivity contribution in [1.82, 2.24) is 0 Å². The fourth-order valence-electron chi connectivity index (χ4n) is 2.34. The number of hydrogen-bond acceptors (Lipinski definition) is 1. The first-order valence-corrected chi connectivity index (χ1v) is 7.26. The Balaban J connectivity index is 1.94. The maximum atomic E-state index is 12.6. The fourth-order valence-corrected chi connectivity index (χ4v) is 2.34. The lowest BCUT2D eigenvalue weighted by Crippen LogP contribution is -2.03. The van der Waals surface area contributed by atoms with Crippen molar-refractivity contribution in [2.24, 2.45) is 0 Å². The van der Waals surface area contributed by atoms with Crippen LogP contribution in [0.4, 0.5) is 0 Å². The summed E-state index contributed by atoms with van der Waals surface area (Å²) in [5, 5.41) is 0. The highest BCUT2D eigenvalue weighted by molar-refractivity contribution is 6.11. The van der Waals surface area contributed by atoms with Gasteiger partial charge in [-0.2, -0.15) is 0 Å². The molecule has 3 rings (SSSR count). The van der Waals surface area contributed by atoms with Crippen LogP contribution in [0.25, 0.3) is 12.2 Å². The Hall–Kier alpha value is -2.93. The molecule has 3 aromatic rings. The topological polar surface area (TPSA) is 17.1 Å². The monoisotopic (exact) mass is 284 g/mol. The molecule has 1 heteroatoms. The first-order valence-electron chi connectivity index (χ1n) is 7.26. The summed E-state index contributed by atoms with van der Waals surface area (Å²) < 4.78 is 0. The van der Waals surface area contributed by atoms with Crippen molar-refractivity contribution in [3.05, 3.63) is 107 Å². The maximum absolute atomic E-state index is 12.6. The van der Waals surface area contributed by atoms with Gasteiger partial charge in [0.05, 0.1) is 0 Å². The van der Waals surface area contributed by atoms with Gasteiger partial charge in [0.2, 0.25) is 0 Å². The standard InChI is InChI=1S/C21H16O/c22-21(19-12-5-2-6-13-19)20-14-8-7-11-18(20)16-15-17-9-3-1-4-10-17/h1-16H. The van der Waals surface area contributed by atoms with Crippen LogP contribution in [0.15, 0.2) is 84.9 Å². The molecule has 0 aliphatic rings. The molecular formula is C21H16O. The van der Waals surface area contributed by atoms with Gasteiger partial charge in [0.15, 0.2) is 5.78 Å². The minimum atomic E-state index is 0.0499. The summed E-state index contributed by atoms with van der Waals surface area (Å²) in [6.45, 7) is 0. The van der Waals surface area contributed by atoms with E-state index in [-0.39, 0.29) is 5.78 Å². The lowest BCUT2D eigenvalue weighted by atomic mass is 9.98. The first-order chi connectivity index (χ1) is 10.8. The van der Waals surface area contributed by atoms with Gasteiger partial charge in [-0.1, -0.05) is 97.1 Å². The average molecular weight is 284 g/mol. The van der Waals surface area contributed by atoms with Gasteiger partial charge in [0.25, 0.3) is 0 Å². The van der Waals surface area contributed by atoms with E-state index in [1.165, 1.54) is 0 Å². The lowest BCUT2D eigenvalue weighted by molar-refractivity contribution is 0.103. The van der Waals surface area contributed by atoms with Gasteiger partial charge < -0.3 is 0 Å². The van der Waals surface area contributed by atoms with Crippen molar-refractivity contribution in [3.63, 3.8) is 0 Å². The van der Waals surface area contributed by atoms with Gasteiger partial charge in [-0.05, 0) is 11.1 Å². The van der Waals surface area contributed by atoms with Crippen LogP contribution in [0.2, 0.25) is 0 Å². The largest absolute Gasteiger partial charge is 0.289 e. The maximum Gasteiger partial charge on any atom is 0.193 e. The van der Waals surface area contributed by atoms with Crippen LogP contribution in [0.1, 0.15) is 27.0 Å². The Morgan fingerprint density at radius 3 is 1.95 bits per heavy atom. The van der Waals surface area contributed by atoms with Gasteiger partial charge >= 0.3 is 0 Å². The molecule has 0 saturated heterocycles. The summed E-state index contributed by atoms with van der Waals surface area (Å²) in [6.07, 6.45) is 4.02. The number of hydrogen-bond donors (Lipinski definition) is 0. The van der Waals surface area contributed by atoms with E-state index in [0.717, 1.165) is 16.7 Å². The molecule has 0 unspecified atom stereocenters. The van der Waals surface area contributed by atoms with Crippen LogP contribution in [-0.4, -0.2) is 5.78 Å². The molecule has 3 aromatic carbocycles. The second-order valence-electron chi connectivity index (χ2n) is 5.03. The summed E-state index contributed by atoms with van der Waals surface area (Å²) >= 11 is 0. The SMILES string of the molecule is O=C(c1ccccc1)c1ccccc1C=Cc1ccccc1. The lowest BCUT2D eigenvalue weighted by Gasteiger charge is -2.05. The van der Waals surface area contributed by atoms with Crippen molar-refractivity contribution in [3.8, 4) is 0 Å². The Morgan fingerprint density at radius 1 is 0.636 bits per heavy atom. The molecule has 0 aliphatic heterocycles. The van der Waals surface area contributed by atoms with Crippen molar-refractivity contribution >= 4 is 17.9 Å². The summed E-state index contributed by atoms with van der Waals surface area (Å²) in [6, 6.07) is 27.1. The van der Waals surface area contributed by atoms with Crippen molar-refractivity contribution in [1.29, 1.82) is 0 Å². The van der Waals surface area contributed by atoms with Gasteiger partial charge in [-0.25, -0.2) is 0 Å². The zero-order chi connectivity index (χ0) is 15.2. The smallest absolute Gasteiger partial charge is 0.193 e. The molecular weight excluding hydrogens is 268 g/mol. The highest BCUT2D eigenvalue weighted by Crippen LogP contribution is 2.17. The molecule has 1 nitrogen and oxygen atoms in total. The molecule has 0 amide bonds. The number of ketones is 1. The second kappa shape index (κ2) is 6.68. The average Bonchev–Trinajstić information content (AvgIpc) is 2.61. The normalized spacial score (nSPS) is 10.7. The predicted molar refractivity (Wildman–Crippen MR) is 91.7 cm³/mol. The van der Waals surface area contributed by atoms with Gasteiger partial charge in [-0.3, -0.25) is 4.79 Å². The highest BCUT2D eigenvalue weighted by Gasteiger charge is 2.11. The van der Waals surface area contributed by atoms with E-state index in [0.29, 0.717) is 5.56 Å². The van der Waals surface area contributed by atoms with Crippen LogP contribution in [0, 0.1) is 0 Å². The van der Waals surface area contributed by atoms with Crippen molar-refractivity contribution in [2.75, 3.05) is 0 Å².